The summed E-state index contributed by atoms with van der Waals surface area (Å²) in [6.07, 6.45) is -6.03. The van der Waals surface area contributed by atoms with Gasteiger partial charge in [0.25, 0.3) is 0 Å². The summed E-state index contributed by atoms with van der Waals surface area (Å²) in [6, 6.07) is 4.36. The molecule has 0 radical (unpaired) electrons. The first kappa shape index (κ1) is 27.1. The monoisotopic (exact) mass is 511 g/mol. The molecule has 0 amide bonds. The number of fused-ring (bicyclic) bond motifs is 1. The second-order valence-electron chi connectivity index (χ2n) is 8.32. The number of rotatable bonds is 10. The SMILES string of the molecule is COC(=O)C(CCC(O)C(F)(F)F)CC(=O)c1c(C)nc2c(OCc3ncccc3F)cc(C)cn12. The van der Waals surface area contributed by atoms with E-state index < -0.39 is 55.0 Å². The number of esters is 1. The lowest BCUT2D eigenvalue weighted by atomic mass is 9.94. The lowest BCUT2D eigenvalue weighted by Crippen LogP contribution is -2.30. The standard InChI is InChI=1S/C24H25F4N3O5/c1-13-9-19(36-12-17-16(25)5-4-8-29-17)22-30-14(2)21(31(22)11-13)18(32)10-15(23(34)35-3)6-7-20(33)24(26,27)28/h4-5,8-9,11,15,20,33H,6-7,10,12H2,1-3H3. The van der Waals surface area contributed by atoms with Crippen molar-refractivity contribution in [3.63, 3.8) is 0 Å². The number of methoxy groups -OCH3 is 1. The van der Waals surface area contributed by atoms with Gasteiger partial charge in [0.15, 0.2) is 17.2 Å². The molecule has 0 aliphatic heterocycles. The van der Waals surface area contributed by atoms with Crippen LogP contribution in [-0.4, -0.2) is 50.6 Å². The molecule has 8 nitrogen and oxygen atoms in total. The Hall–Kier alpha value is -3.54. The molecule has 0 aromatic carbocycles. The number of carbonyl (C=O) groups excluding carboxylic acids is 2. The predicted octanol–water partition coefficient (Wildman–Crippen LogP) is 4.13. The van der Waals surface area contributed by atoms with Crippen molar-refractivity contribution in [1.82, 2.24) is 14.4 Å². The van der Waals surface area contributed by atoms with E-state index in [0.29, 0.717) is 11.3 Å². The number of imidazole rings is 1. The number of ketones is 1. The minimum absolute atomic E-state index is 0.0821. The van der Waals surface area contributed by atoms with Gasteiger partial charge in [-0.05, 0) is 50.5 Å². The molecule has 1 N–H and O–H groups in total. The van der Waals surface area contributed by atoms with Crippen LogP contribution in [0.2, 0.25) is 0 Å². The van der Waals surface area contributed by atoms with Crippen molar-refractivity contribution in [2.24, 2.45) is 5.92 Å². The van der Waals surface area contributed by atoms with Gasteiger partial charge in [-0.25, -0.2) is 9.37 Å². The largest absolute Gasteiger partial charge is 0.483 e. The Labute approximate surface area is 203 Å². The van der Waals surface area contributed by atoms with E-state index in [2.05, 4.69) is 14.7 Å². The number of aryl methyl sites for hydroxylation is 2. The molecule has 0 aliphatic carbocycles. The molecule has 0 saturated carbocycles. The molecule has 3 aromatic rings. The molecule has 0 aliphatic rings. The first-order valence-electron chi connectivity index (χ1n) is 11.0. The lowest BCUT2D eigenvalue weighted by Gasteiger charge is -2.18. The Morgan fingerprint density at radius 3 is 2.58 bits per heavy atom. The summed E-state index contributed by atoms with van der Waals surface area (Å²) < 4.78 is 63.8. The average Bonchev–Trinajstić information content (AvgIpc) is 3.15. The highest BCUT2D eigenvalue weighted by molar-refractivity contribution is 5.98. The Balaban J connectivity index is 1.87. The van der Waals surface area contributed by atoms with E-state index in [-0.39, 0.29) is 29.4 Å². The number of hydrogen-bond donors (Lipinski definition) is 1. The van der Waals surface area contributed by atoms with Gasteiger partial charge in [-0.15, -0.1) is 0 Å². The maximum atomic E-state index is 13.9. The van der Waals surface area contributed by atoms with Gasteiger partial charge in [0.1, 0.15) is 29.9 Å². The summed E-state index contributed by atoms with van der Waals surface area (Å²) in [6.45, 7) is 3.12. The molecule has 3 heterocycles. The molecule has 3 aromatic heterocycles. The summed E-state index contributed by atoms with van der Waals surface area (Å²) in [5.74, 6) is -2.89. The van der Waals surface area contributed by atoms with E-state index in [1.54, 1.807) is 26.1 Å². The van der Waals surface area contributed by atoms with Gasteiger partial charge in [-0.1, -0.05) is 0 Å². The van der Waals surface area contributed by atoms with Crippen LogP contribution in [-0.2, 0) is 16.1 Å². The fourth-order valence-corrected chi connectivity index (χ4v) is 3.78. The summed E-state index contributed by atoms with van der Waals surface area (Å²) in [5, 5.41) is 9.29. The van der Waals surface area contributed by atoms with Gasteiger partial charge in [0.2, 0.25) is 0 Å². The number of nitrogens with zero attached hydrogens (tertiary/aromatic N) is 3. The van der Waals surface area contributed by atoms with Crippen molar-refractivity contribution >= 4 is 17.4 Å². The first-order chi connectivity index (χ1) is 16.9. The number of aliphatic hydroxyl groups excluding tert-OH is 1. The topological polar surface area (TPSA) is 103 Å². The second-order valence-corrected chi connectivity index (χ2v) is 8.32. The maximum Gasteiger partial charge on any atom is 0.414 e. The molecular weight excluding hydrogens is 486 g/mol. The molecule has 0 spiro atoms. The average molecular weight is 511 g/mol. The van der Waals surface area contributed by atoms with E-state index in [1.165, 1.54) is 22.7 Å². The lowest BCUT2D eigenvalue weighted by molar-refractivity contribution is -0.206. The van der Waals surface area contributed by atoms with Gasteiger partial charge < -0.3 is 14.6 Å². The zero-order valence-electron chi connectivity index (χ0n) is 19.8. The summed E-state index contributed by atoms with van der Waals surface area (Å²) in [4.78, 5) is 33.7. The molecular formula is C24H25F4N3O5. The van der Waals surface area contributed by atoms with Crippen molar-refractivity contribution in [2.75, 3.05) is 7.11 Å². The highest BCUT2D eigenvalue weighted by atomic mass is 19.4. The van der Waals surface area contributed by atoms with E-state index in [0.717, 1.165) is 7.11 Å². The second kappa shape index (κ2) is 11.0. The van der Waals surface area contributed by atoms with Crippen LogP contribution in [0.3, 0.4) is 0 Å². The minimum Gasteiger partial charge on any atom is -0.483 e. The summed E-state index contributed by atoms with van der Waals surface area (Å²) >= 11 is 0. The van der Waals surface area contributed by atoms with Crippen LogP contribution < -0.4 is 4.74 Å². The molecule has 0 bridgehead atoms. The Kier molecular flexibility index (Phi) is 8.28. The van der Waals surface area contributed by atoms with Gasteiger partial charge in [-0.3, -0.25) is 19.0 Å². The van der Waals surface area contributed by atoms with Crippen LogP contribution >= 0.6 is 0 Å². The van der Waals surface area contributed by atoms with Crippen molar-refractivity contribution in [3.8, 4) is 5.75 Å². The number of Topliss-reactive ketones (excluding diaryl/α,β-unsaturated/α-hetero) is 1. The molecule has 12 heteroatoms. The number of alkyl halides is 3. The first-order valence-corrected chi connectivity index (χ1v) is 11.0. The fraction of sp³-hybridized carbons (Fsp3) is 0.417. The van der Waals surface area contributed by atoms with Crippen LogP contribution in [0.1, 0.15) is 46.7 Å². The molecule has 2 unspecified atom stereocenters. The van der Waals surface area contributed by atoms with Gasteiger partial charge >= 0.3 is 12.1 Å². The predicted molar refractivity (Wildman–Crippen MR) is 119 cm³/mol. The number of aliphatic hydroxyl groups is 1. The molecule has 194 valence electrons. The zero-order chi connectivity index (χ0) is 26.6. The molecule has 0 fully saturated rings. The minimum atomic E-state index is -4.84. The third-order valence-corrected chi connectivity index (χ3v) is 5.59. The summed E-state index contributed by atoms with van der Waals surface area (Å²) in [7, 11) is 1.07. The highest BCUT2D eigenvalue weighted by Crippen LogP contribution is 2.29. The third kappa shape index (κ3) is 6.17. The van der Waals surface area contributed by atoms with Crippen LogP contribution in [0, 0.1) is 25.6 Å². The van der Waals surface area contributed by atoms with Crippen molar-refractivity contribution in [2.45, 2.75) is 52.0 Å². The van der Waals surface area contributed by atoms with Gasteiger partial charge in [0.05, 0.1) is 18.7 Å². The Bertz CT molecular complexity index is 1260. The molecule has 2 atom stereocenters. The number of carbonyl (C=O) groups is 2. The van der Waals surface area contributed by atoms with Gasteiger partial charge in [-0.2, -0.15) is 13.2 Å². The van der Waals surface area contributed by atoms with Gasteiger partial charge in [0, 0.05) is 18.8 Å². The Morgan fingerprint density at radius 2 is 1.94 bits per heavy atom. The number of pyridine rings is 2. The molecule has 3 rings (SSSR count). The zero-order valence-corrected chi connectivity index (χ0v) is 19.8. The number of aromatic nitrogens is 3. The van der Waals surface area contributed by atoms with Crippen LogP contribution in [0.5, 0.6) is 5.75 Å². The summed E-state index contributed by atoms with van der Waals surface area (Å²) in [5.41, 5.74) is 1.45. The number of halogens is 4. The smallest absolute Gasteiger partial charge is 0.414 e. The third-order valence-electron chi connectivity index (χ3n) is 5.59. The maximum absolute atomic E-state index is 13.9. The van der Waals surface area contributed by atoms with Crippen molar-refractivity contribution < 1.29 is 41.7 Å². The normalized spacial score (nSPS) is 13.4. The quantitative estimate of drug-likeness (QED) is 0.248. The van der Waals surface area contributed by atoms with Crippen LogP contribution in [0.25, 0.3) is 5.65 Å². The number of ether oxygens (including phenoxy) is 2. The van der Waals surface area contributed by atoms with Crippen LogP contribution in [0.4, 0.5) is 17.6 Å². The molecule has 36 heavy (non-hydrogen) atoms. The fourth-order valence-electron chi connectivity index (χ4n) is 3.78. The number of hydrogen-bond acceptors (Lipinski definition) is 7. The highest BCUT2D eigenvalue weighted by Gasteiger charge is 2.39. The van der Waals surface area contributed by atoms with E-state index in [1.807, 2.05) is 0 Å². The van der Waals surface area contributed by atoms with E-state index >= 15 is 0 Å². The van der Waals surface area contributed by atoms with Crippen molar-refractivity contribution in [1.29, 1.82) is 0 Å². The van der Waals surface area contributed by atoms with Crippen LogP contribution in [0.15, 0.2) is 30.6 Å². The Morgan fingerprint density at radius 1 is 1.22 bits per heavy atom. The van der Waals surface area contributed by atoms with E-state index in [4.69, 9.17) is 4.74 Å². The van der Waals surface area contributed by atoms with E-state index in [9.17, 15) is 32.3 Å². The van der Waals surface area contributed by atoms with Crippen molar-refractivity contribution in [3.05, 3.63) is 59.1 Å². The molecule has 0 saturated heterocycles.